The minimum Gasteiger partial charge on any atom is -0.309 e. The van der Waals surface area contributed by atoms with E-state index in [1.807, 2.05) is 11.3 Å². The Labute approximate surface area is 372 Å². The molecule has 0 spiro atoms. The lowest BCUT2D eigenvalue weighted by atomic mass is 9.83. The van der Waals surface area contributed by atoms with E-state index in [0.717, 1.165) is 51.5 Å². The summed E-state index contributed by atoms with van der Waals surface area (Å²) in [6, 6.07) is 70.7. The van der Waals surface area contributed by atoms with Crippen LogP contribution in [-0.4, -0.2) is 19.5 Å². The Kier molecular flexibility index (Phi) is 7.65. The molecule has 10 aromatic carbocycles. The van der Waals surface area contributed by atoms with Gasteiger partial charge in [0.2, 0.25) is 0 Å². The van der Waals surface area contributed by atoms with Gasteiger partial charge in [0, 0.05) is 53.3 Å². The van der Waals surface area contributed by atoms with E-state index < -0.39 is 0 Å². The van der Waals surface area contributed by atoms with Crippen molar-refractivity contribution in [2.24, 2.45) is 0 Å². The number of aromatic nitrogens is 4. The molecule has 0 N–H and O–H groups in total. The van der Waals surface area contributed by atoms with E-state index in [0.29, 0.717) is 17.5 Å². The Morgan fingerprint density at radius 2 is 0.984 bits per heavy atom. The van der Waals surface area contributed by atoms with Crippen LogP contribution >= 0.6 is 11.3 Å². The van der Waals surface area contributed by atoms with Crippen molar-refractivity contribution in [3.05, 3.63) is 205 Å². The molecule has 13 aromatic rings. The number of para-hydroxylation sites is 1. The highest BCUT2D eigenvalue weighted by Crippen LogP contribution is 2.46. The van der Waals surface area contributed by atoms with Crippen LogP contribution in [0.3, 0.4) is 0 Å². The highest BCUT2D eigenvalue weighted by atomic mass is 32.1. The zero-order valence-electron chi connectivity index (χ0n) is 34.6. The van der Waals surface area contributed by atoms with Crippen LogP contribution in [0.1, 0.15) is 11.1 Å². The fraction of sp³-hybridized carbons (Fsp3) is 0.0339. The highest BCUT2D eigenvalue weighted by molar-refractivity contribution is 7.26. The van der Waals surface area contributed by atoms with Crippen LogP contribution in [-0.2, 0) is 12.8 Å². The molecule has 0 saturated heterocycles. The summed E-state index contributed by atoms with van der Waals surface area (Å²) in [5.74, 6) is 1.98. The van der Waals surface area contributed by atoms with Gasteiger partial charge in [-0.2, -0.15) is 0 Å². The minimum atomic E-state index is 0.652. The molecule has 1 aliphatic carbocycles. The van der Waals surface area contributed by atoms with Crippen molar-refractivity contribution < 1.29 is 0 Å². The van der Waals surface area contributed by atoms with Gasteiger partial charge in [-0.05, 0) is 116 Å². The molecule has 1 aliphatic rings. The summed E-state index contributed by atoms with van der Waals surface area (Å²) >= 11 is 1.84. The molecule has 3 aromatic heterocycles. The highest BCUT2D eigenvalue weighted by Gasteiger charge is 2.25. The molecule has 5 heteroatoms. The third kappa shape index (κ3) is 5.44. The van der Waals surface area contributed by atoms with E-state index in [4.69, 9.17) is 15.0 Å². The number of benzene rings is 10. The molecule has 0 bridgehead atoms. The molecular weight excluding hydrogens is 797 g/mol. The second-order valence-corrected chi connectivity index (χ2v) is 18.2. The van der Waals surface area contributed by atoms with Crippen molar-refractivity contribution in [3.8, 4) is 51.0 Å². The first-order valence-electron chi connectivity index (χ1n) is 22.0. The Morgan fingerprint density at radius 3 is 1.81 bits per heavy atom. The van der Waals surface area contributed by atoms with Gasteiger partial charge in [-0.25, -0.2) is 15.0 Å². The number of thiophene rings is 1. The molecule has 298 valence electrons. The maximum Gasteiger partial charge on any atom is 0.164 e. The lowest BCUT2D eigenvalue weighted by Crippen LogP contribution is -2.07. The largest absolute Gasteiger partial charge is 0.309 e. The van der Waals surface area contributed by atoms with Crippen molar-refractivity contribution in [2.45, 2.75) is 12.8 Å². The Balaban J connectivity index is 1.10. The smallest absolute Gasteiger partial charge is 0.164 e. The zero-order chi connectivity index (χ0) is 41.9. The second kappa shape index (κ2) is 13.8. The summed E-state index contributed by atoms with van der Waals surface area (Å²) in [4.78, 5) is 16.5. The molecule has 14 rings (SSSR count). The fourth-order valence-corrected chi connectivity index (χ4v) is 11.6. The second-order valence-electron chi connectivity index (χ2n) is 17.1. The molecule has 0 saturated carbocycles. The quantitative estimate of drug-likeness (QED) is 0.177. The average Bonchev–Trinajstić information content (AvgIpc) is 3.88. The van der Waals surface area contributed by atoms with Crippen molar-refractivity contribution >= 4 is 85.6 Å². The summed E-state index contributed by atoms with van der Waals surface area (Å²) < 4.78 is 4.86. The van der Waals surface area contributed by atoms with E-state index in [9.17, 15) is 0 Å². The normalized spacial score (nSPS) is 12.6. The van der Waals surface area contributed by atoms with Gasteiger partial charge in [0.25, 0.3) is 0 Å². The topological polar surface area (TPSA) is 43.6 Å². The van der Waals surface area contributed by atoms with Gasteiger partial charge in [0.15, 0.2) is 17.5 Å². The lowest BCUT2D eigenvalue weighted by Gasteiger charge is -2.22. The van der Waals surface area contributed by atoms with Gasteiger partial charge in [-0.1, -0.05) is 146 Å². The molecule has 0 radical (unpaired) electrons. The number of fused-ring (bicyclic) bond motifs is 12. The Hall–Kier alpha value is -7.99. The van der Waals surface area contributed by atoms with Gasteiger partial charge in [-0.3, -0.25) is 0 Å². The summed E-state index contributed by atoms with van der Waals surface area (Å²) in [5, 5.41) is 12.0. The van der Waals surface area contributed by atoms with E-state index in [1.165, 1.54) is 80.3 Å². The average molecular weight is 833 g/mol. The van der Waals surface area contributed by atoms with Crippen LogP contribution < -0.4 is 0 Å². The molecule has 64 heavy (non-hydrogen) atoms. The first-order chi connectivity index (χ1) is 31.7. The predicted octanol–water partition coefficient (Wildman–Crippen LogP) is 15.6. The number of hydrogen-bond donors (Lipinski definition) is 0. The van der Waals surface area contributed by atoms with Crippen molar-refractivity contribution in [3.63, 3.8) is 0 Å². The molecule has 4 nitrogen and oxygen atoms in total. The molecule has 0 amide bonds. The standard InChI is InChI=1S/C59H36N4S/c1-2-14-38-28-43(27-24-35(38)12-1)57-60-58(47-22-11-19-37-26-25-36-13-7-8-20-45(36)55(37)47)62-59(61-57)50-33-44(34-54-56(50)49-30-40-16-4-6-18-42(40)32-53(49)64-54)63-51-23-10-9-21-46(51)48-29-39-15-3-5-17-41(39)31-52(48)63/h1-24,27-34H,25-26H2. The van der Waals surface area contributed by atoms with Gasteiger partial charge in [0.05, 0.1) is 11.0 Å². The molecule has 0 unspecified atom stereocenters. The maximum absolute atomic E-state index is 5.60. The number of rotatable bonds is 4. The lowest BCUT2D eigenvalue weighted by molar-refractivity contribution is 0.941. The SMILES string of the molecule is c1ccc2c(c1)CCc1cccc(-c3nc(-c4ccc5ccccc5c4)nc(-c4cc(-n5c6ccccc6c6cc7ccccc7cc65)cc5sc6cc7ccccc7cc6c45)n3)c1-2. The predicted molar refractivity (Wildman–Crippen MR) is 269 cm³/mol. The summed E-state index contributed by atoms with van der Waals surface area (Å²) in [5.41, 5.74) is 11.5. The number of hydrogen-bond acceptors (Lipinski definition) is 4. The zero-order valence-corrected chi connectivity index (χ0v) is 35.4. The molecule has 0 atom stereocenters. The van der Waals surface area contributed by atoms with Crippen LogP contribution in [0.4, 0.5) is 0 Å². The number of aryl methyl sites for hydroxylation is 2. The molecule has 3 heterocycles. The van der Waals surface area contributed by atoms with E-state index in [-0.39, 0.29) is 0 Å². The third-order valence-electron chi connectivity index (χ3n) is 13.4. The van der Waals surface area contributed by atoms with Crippen molar-refractivity contribution in [1.82, 2.24) is 19.5 Å². The van der Waals surface area contributed by atoms with Gasteiger partial charge in [0.1, 0.15) is 0 Å². The maximum atomic E-state index is 5.60. The third-order valence-corrected chi connectivity index (χ3v) is 14.5. The first kappa shape index (κ1) is 35.6. The van der Waals surface area contributed by atoms with Crippen LogP contribution in [0.25, 0.3) is 125 Å². The number of nitrogens with zero attached hydrogens (tertiary/aromatic N) is 4. The summed E-state index contributed by atoms with van der Waals surface area (Å²) in [7, 11) is 0. The van der Waals surface area contributed by atoms with Crippen molar-refractivity contribution in [2.75, 3.05) is 0 Å². The minimum absolute atomic E-state index is 0.652. The van der Waals surface area contributed by atoms with Gasteiger partial charge in [-0.15, -0.1) is 11.3 Å². The van der Waals surface area contributed by atoms with E-state index in [1.54, 1.807) is 0 Å². The molecule has 0 fully saturated rings. The van der Waals surface area contributed by atoms with Crippen LogP contribution in [0, 0.1) is 0 Å². The van der Waals surface area contributed by atoms with Crippen LogP contribution in [0.5, 0.6) is 0 Å². The van der Waals surface area contributed by atoms with Crippen LogP contribution in [0.15, 0.2) is 194 Å². The monoisotopic (exact) mass is 832 g/mol. The van der Waals surface area contributed by atoms with Crippen LogP contribution in [0.2, 0.25) is 0 Å². The Bertz CT molecular complexity index is 4100. The Morgan fingerprint density at radius 1 is 0.375 bits per heavy atom. The summed E-state index contributed by atoms with van der Waals surface area (Å²) in [6.45, 7) is 0. The van der Waals surface area contributed by atoms with E-state index in [2.05, 4.69) is 199 Å². The van der Waals surface area contributed by atoms with Crippen molar-refractivity contribution in [1.29, 1.82) is 0 Å². The van der Waals surface area contributed by atoms with Gasteiger partial charge >= 0.3 is 0 Å². The summed E-state index contributed by atoms with van der Waals surface area (Å²) in [6.07, 6.45) is 1.99. The fourth-order valence-electron chi connectivity index (χ4n) is 10.5. The van der Waals surface area contributed by atoms with Gasteiger partial charge < -0.3 is 4.57 Å². The first-order valence-corrected chi connectivity index (χ1v) is 22.8. The van der Waals surface area contributed by atoms with E-state index >= 15 is 0 Å². The molecule has 0 aliphatic heterocycles. The molecular formula is C59H36N4S.